The van der Waals surface area contributed by atoms with Gasteiger partial charge in [-0.2, -0.15) is 0 Å². The summed E-state index contributed by atoms with van der Waals surface area (Å²) in [5.41, 5.74) is 1.24. The van der Waals surface area contributed by atoms with E-state index < -0.39 is 35.8 Å². The van der Waals surface area contributed by atoms with Crippen LogP contribution >= 0.6 is 0 Å². The molecule has 0 aliphatic carbocycles. The van der Waals surface area contributed by atoms with Crippen molar-refractivity contribution in [1.29, 1.82) is 0 Å². The van der Waals surface area contributed by atoms with Gasteiger partial charge in [0.25, 0.3) is 0 Å². The van der Waals surface area contributed by atoms with Gasteiger partial charge >= 0.3 is 6.36 Å². The van der Waals surface area contributed by atoms with Gasteiger partial charge in [0.1, 0.15) is 6.29 Å². The number of hydrogen-bond acceptors (Lipinski definition) is 5. The predicted molar refractivity (Wildman–Crippen MR) is 126 cm³/mol. The molecular formula is C26H25F4N3O3. The highest BCUT2D eigenvalue weighted by Gasteiger charge is 2.34. The molecule has 0 saturated heterocycles. The van der Waals surface area contributed by atoms with Gasteiger partial charge in [-0.05, 0) is 41.8 Å². The molecule has 36 heavy (non-hydrogen) atoms. The van der Waals surface area contributed by atoms with Crippen LogP contribution in [0, 0.1) is 11.7 Å². The van der Waals surface area contributed by atoms with Crippen molar-refractivity contribution in [1.82, 2.24) is 10.3 Å². The number of halogens is 4. The van der Waals surface area contributed by atoms with Crippen molar-refractivity contribution < 1.29 is 31.9 Å². The molecule has 190 valence electrons. The third kappa shape index (κ3) is 7.11. The van der Waals surface area contributed by atoms with Crippen molar-refractivity contribution >= 4 is 17.9 Å². The molecule has 6 nitrogen and oxygen atoms in total. The van der Waals surface area contributed by atoms with E-state index in [2.05, 4.69) is 20.4 Å². The molecule has 0 spiro atoms. The van der Waals surface area contributed by atoms with Crippen molar-refractivity contribution in [3.05, 3.63) is 89.5 Å². The Morgan fingerprint density at radius 1 is 1.11 bits per heavy atom. The first-order chi connectivity index (χ1) is 17.1. The normalized spacial score (nSPS) is 13.2. The molecule has 2 aromatic carbocycles. The van der Waals surface area contributed by atoms with E-state index in [-0.39, 0.29) is 17.2 Å². The van der Waals surface area contributed by atoms with Crippen LogP contribution in [-0.2, 0) is 4.79 Å². The molecule has 3 aromatic rings. The lowest BCUT2D eigenvalue weighted by Crippen LogP contribution is -2.36. The Morgan fingerprint density at radius 2 is 1.86 bits per heavy atom. The largest absolute Gasteiger partial charge is 0.573 e. The van der Waals surface area contributed by atoms with Gasteiger partial charge in [-0.3, -0.25) is 14.6 Å². The van der Waals surface area contributed by atoms with Crippen molar-refractivity contribution in [2.24, 2.45) is 5.92 Å². The Kier molecular flexibility index (Phi) is 8.76. The van der Waals surface area contributed by atoms with Crippen LogP contribution in [0.3, 0.4) is 0 Å². The molecular weight excluding hydrogens is 478 g/mol. The monoisotopic (exact) mass is 503 g/mol. The van der Waals surface area contributed by atoms with Crippen LogP contribution in [0.15, 0.2) is 67.0 Å². The summed E-state index contributed by atoms with van der Waals surface area (Å²) in [6.07, 6.45) is -1.31. The lowest BCUT2D eigenvalue weighted by Gasteiger charge is -2.29. The molecule has 0 bridgehead atoms. The number of aromatic nitrogens is 1. The Morgan fingerprint density at radius 3 is 2.50 bits per heavy atom. The summed E-state index contributed by atoms with van der Waals surface area (Å²) in [4.78, 5) is 29.6. The van der Waals surface area contributed by atoms with E-state index in [1.54, 1.807) is 48.8 Å². The summed E-state index contributed by atoms with van der Waals surface area (Å²) in [6.45, 7) is 4.50. The third-order valence-electron chi connectivity index (χ3n) is 5.29. The SMILES string of the molecule is CC(C)CN[C@@H](c1cccnc1)[C@H](C(=O)Nc1ccc(F)c(OC(F)(F)F)c1)c1ccccc1C=O. The first kappa shape index (κ1) is 26.8. The first-order valence-electron chi connectivity index (χ1n) is 11.1. The van der Waals surface area contributed by atoms with Crippen LogP contribution in [0.1, 0.15) is 47.3 Å². The average molecular weight is 503 g/mol. The van der Waals surface area contributed by atoms with Crippen molar-refractivity contribution in [3.63, 3.8) is 0 Å². The number of carbonyl (C=O) groups excluding carboxylic acids is 2. The second kappa shape index (κ2) is 11.8. The van der Waals surface area contributed by atoms with E-state index in [1.165, 1.54) is 0 Å². The summed E-state index contributed by atoms with van der Waals surface area (Å²) in [6, 6.07) is 12.0. The molecule has 0 unspecified atom stereocenters. The average Bonchev–Trinajstić information content (AvgIpc) is 2.83. The molecule has 0 radical (unpaired) electrons. The number of nitrogens with one attached hydrogen (secondary N) is 2. The standard InChI is InChI=1S/C26H25F4N3O3/c1-16(2)13-32-24(17-7-5-11-31-14-17)23(20-8-4-3-6-18(20)15-34)25(35)33-19-9-10-21(27)22(12-19)36-26(28,29)30/h3-12,14-16,23-24,32H,13H2,1-2H3,(H,33,35)/t23-,24+/m1/s1. The maximum Gasteiger partial charge on any atom is 0.573 e. The molecule has 0 fully saturated rings. The Balaban J connectivity index is 2.06. The van der Waals surface area contributed by atoms with E-state index in [0.29, 0.717) is 24.0 Å². The molecule has 1 amide bonds. The van der Waals surface area contributed by atoms with Crippen LogP contribution in [-0.4, -0.2) is 30.1 Å². The maximum atomic E-state index is 13.9. The minimum Gasteiger partial charge on any atom is -0.403 e. The Bertz CT molecular complexity index is 1190. The molecule has 2 atom stereocenters. The van der Waals surface area contributed by atoms with Gasteiger partial charge in [0.2, 0.25) is 5.91 Å². The topological polar surface area (TPSA) is 80.3 Å². The van der Waals surface area contributed by atoms with E-state index >= 15 is 0 Å². The van der Waals surface area contributed by atoms with Gasteiger partial charge in [0.15, 0.2) is 11.6 Å². The number of alkyl halides is 3. The van der Waals surface area contributed by atoms with Crippen LogP contribution in [0.2, 0.25) is 0 Å². The number of carbonyl (C=O) groups is 2. The lowest BCUT2D eigenvalue weighted by molar-refractivity contribution is -0.275. The van der Waals surface area contributed by atoms with Crippen LogP contribution in [0.25, 0.3) is 0 Å². The zero-order valence-electron chi connectivity index (χ0n) is 19.6. The number of nitrogens with zero attached hydrogens (tertiary/aromatic N) is 1. The number of rotatable bonds is 10. The van der Waals surface area contributed by atoms with Crippen molar-refractivity contribution in [2.75, 3.05) is 11.9 Å². The third-order valence-corrected chi connectivity index (χ3v) is 5.29. The number of amides is 1. The molecule has 0 aliphatic rings. The fraction of sp³-hybridized carbons (Fsp3) is 0.269. The molecule has 0 aliphatic heterocycles. The number of benzene rings is 2. The highest BCUT2D eigenvalue weighted by atomic mass is 19.4. The lowest BCUT2D eigenvalue weighted by atomic mass is 9.84. The predicted octanol–water partition coefficient (Wildman–Crippen LogP) is 5.64. The highest BCUT2D eigenvalue weighted by molar-refractivity contribution is 5.98. The number of anilines is 1. The first-order valence-corrected chi connectivity index (χ1v) is 11.1. The van der Waals surface area contributed by atoms with Gasteiger partial charge < -0.3 is 15.4 Å². The number of hydrogen-bond donors (Lipinski definition) is 2. The fourth-order valence-corrected chi connectivity index (χ4v) is 3.73. The van der Waals surface area contributed by atoms with E-state index in [9.17, 15) is 27.2 Å². The number of aldehydes is 1. The Hall–Kier alpha value is -3.79. The molecule has 2 N–H and O–H groups in total. The summed E-state index contributed by atoms with van der Waals surface area (Å²) in [5.74, 6) is -3.72. The van der Waals surface area contributed by atoms with Gasteiger partial charge in [-0.25, -0.2) is 4.39 Å². The van der Waals surface area contributed by atoms with E-state index in [1.807, 2.05) is 13.8 Å². The summed E-state index contributed by atoms with van der Waals surface area (Å²) >= 11 is 0. The number of pyridine rings is 1. The summed E-state index contributed by atoms with van der Waals surface area (Å²) in [7, 11) is 0. The smallest absolute Gasteiger partial charge is 0.403 e. The molecule has 0 saturated carbocycles. The maximum absolute atomic E-state index is 13.9. The zero-order valence-corrected chi connectivity index (χ0v) is 19.6. The van der Waals surface area contributed by atoms with E-state index in [4.69, 9.17) is 0 Å². The van der Waals surface area contributed by atoms with Crippen molar-refractivity contribution in [3.8, 4) is 5.75 Å². The molecule has 3 rings (SSSR count). The molecule has 1 heterocycles. The van der Waals surface area contributed by atoms with Crippen LogP contribution < -0.4 is 15.4 Å². The van der Waals surface area contributed by atoms with E-state index in [0.717, 1.165) is 18.2 Å². The minimum atomic E-state index is -5.11. The minimum absolute atomic E-state index is 0.108. The van der Waals surface area contributed by atoms with Gasteiger partial charge in [0, 0.05) is 35.8 Å². The van der Waals surface area contributed by atoms with Crippen molar-refractivity contribution in [2.45, 2.75) is 32.2 Å². The second-order valence-electron chi connectivity index (χ2n) is 8.47. The molecule has 10 heteroatoms. The van der Waals surface area contributed by atoms with Gasteiger partial charge in [-0.15, -0.1) is 13.2 Å². The summed E-state index contributed by atoms with van der Waals surface area (Å²) in [5, 5.41) is 5.91. The molecule has 1 aromatic heterocycles. The quantitative estimate of drug-likeness (QED) is 0.277. The second-order valence-corrected chi connectivity index (χ2v) is 8.47. The fourth-order valence-electron chi connectivity index (χ4n) is 3.73. The van der Waals surface area contributed by atoms with Gasteiger partial charge in [-0.1, -0.05) is 44.2 Å². The van der Waals surface area contributed by atoms with Crippen LogP contribution in [0.4, 0.5) is 23.2 Å². The summed E-state index contributed by atoms with van der Waals surface area (Å²) < 4.78 is 55.6. The van der Waals surface area contributed by atoms with Gasteiger partial charge in [0.05, 0.1) is 5.92 Å². The number of ether oxygens (including phenoxy) is 1. The zero-order chi connectivity index (χ0) is 26.3. The van der Waals surface area contributed by atoms with Crippen LogP contribution in [0.5, 0.6) is 5.75 Å². The highest BCUT2D eigenvalue weighted by Crippen LogP contribution is 2.35. The Labute approximate surface area is 205 Å².